The lowest BCUT2D eigenvalue weighted by Crippen LogP contribution is -2.42. The molecule has 4 aromatic rings. The maximum Gasteiger partial charge on any atom is 0.321 e. The fraction of sp³-hybridized carbons (Fsp3) is 0.333. The lowest BCUT2D eigenvalue weighted by Gasteiger charge is -2.22. The summed E-state index contributed by atoms with van der Waals surface area (Å²) < 4.78 is 76.0. The van der Waals surface area contributed by atoms with Gasteiger partial charge in [0, 0.05) is 30.4 Å². The number of ether oxygens (including phenoxy) is 7. The first kappa shape index (κ1) is 35.5. The Labute approximate surface area is 287 Å². The van der Waals surface area contributed by atoms with Crippen molar-refractivity contribution in [2.24, 2.45) is 5.10 Å². The van der Waals surface area contributed by atoms with E-state index in [2.05, 4.69) is 10.5 Å². The van der Waals surface area contributed by atoms with E-state index in [0.717, 1.165) is 0 Å². The summed E-state index contributed by atoms with van der Waals surface area (Å²) in [5.41, 5.74) is 2.83. The molecule has 0 aliphatic carbocycles. The van der Waals surface area contributed by atoms with Crippen LogP contribution in [0.3, 0.4) is 0 Å². The van der Waals surface area contributed by atoms with Crippen molar-refractivity contribution < 1.29 is 50.2 Å². The summed E-state index contributed by atoms with van der Waals surface area (Å²) in [6.07, 6.45) is 1.17. The largest absolute Gasteiger partial charge is 0.496 e. The average molecular weight is 717 g/mol. The molecule has 1 unspecified atom stereocenters. The van der Waals surface area contributed by atoms with E-state index in [-0.39, 0.29) is 45.0 Å². The number of hydrogen-bond donors (Lipinski definition) is 1. The number of fused-ring (bicyclic) bond motifs is 1. The molecule has 0 saturated carbocycles. The number of rotatable bonds is 15. The highest BCUT2D eigenvalue weighted by Gasteiger charge is 2.40. The zero-order valence-electron chi connectivity index (χ0n) is 27.7. The predicted molar refractivity (Wildman–Crippen MR) is 183 cm³/mol. The van der Waals surface area contributed by atoms with Gasteiger partial charge in [0.05, 0.1) is 47.1 Å². The fourth-order valence-electron chi connectivity index (χ4n) is 4.89. The monoisotopic (exact) mass is 716 g/mol. The Hall–Kier alpha value is -4.80. The number of nitrogens with zero attached hydrogens (tertiary/aromatic N) is 1. The third kappa shape index (κ3) is 7.76. The van der Waals surface area contributed by atoms with Crippen LogP contribution < -0.4 is 39.3 Å². The maximum atomic E-state index is 14.0. The summed E-state index contributed by atoms with van der Waals surface area (Å²) in [5.74, 6) is 0.751. The van der Waals surface area contributed by atoms with Gasteiger partial charge in [-0.1, -0.05) is 30.0 Å². The summed E-state index contributed by atoms with van der Waals surface area (Å²) in [6.45, 7) is 1.58. The van der Waals surface area contributed by atoms with Crippen LogP contribution in [-0.4, -0.2) is 67.5 Å². The number of hydrazone groups is 1. The minimum absolute atomic E-state index is 0.00484. The second-order valence-electron chi connectivity index (χ2n) is 10.5. The van der Waals surface area contributed by atoms with Crippen molar-refractivity contribution in [2.75, 3.05) is 47.9 Å². The Balaban J connectivity index is 1.30. The van der Waals surface area contributed by atoms with Crippen LogP contribution in [-0.2, 0) is 19.0 Å². The summed E-state index contributed by atoms with van der Waals surface area (Å²) >= 11 is 1.27. The van der Waals surface area contributed by atoms with Gasteiger partial charge in [0.15, 0.2) is 17.3 Å². The molecular weight excluding hydrogens is 680 g/mol. The highest BCUT2D eigenvalue weighted by molar-refractivity contribution is 8.13. The highest BCUT2D eigenvalue weighted by Crippen LogP contribution is 2.44. The predicted octanol–water partition coefficient (Wildman–Crippen LogP) is 5.37. The zero-order chi connectivity index (χ0) is 35.2. The van der Waals surface area contributed by atoms with Gasteiger partial charge in [-0.15, -0.1) is 5.10 Å². The van der Waals surface area contributed by atoms with Gasteiger partial charge in [-0.2, -0.15) is 12.6 Å². The molecule has 1 N–H and O–H groups in total. The van der Waals surface area contributed by atoms with E-state index in [0.29, 0.717) is 47.2 Å². The minimum Gasteiger partial charge on any atom is -0.496 e. The van der Waals surface area contributed by atoms with E-state index in [9.17, 15) is 13.2 Å². The molecule has 1 aromatic heterocycles. The van der Waals surface area contributed by atoms with Crippen LogP contribution in [0.15, 0.2) is 73.8 Å². The first-order valence-corrected chi connectivity index (χ1v) is 17.3. The molecule has 0 bridgehead atoms. The van der Waals surface area contributed by atoms with Gasteiger partial charge in [-0.3, -0.25) is 4.79 Å². The van der Waals surface area contributed by atoms with E-state index < -0.39 is 21.5 Å². The first-order valence-electron chi connectivity index (χ1n) is 14.9. The van der Waals surface area contributed by atoms with Crippen LogP contribution in [0.25, 0.3) is 22.3 Å². The van der Waals surface area contributed by atoms with Crippen molar-refractivity contribution in [2.45, 2.75) is 30.6 Å². The standard InChI is InChI=1S/C33H36N2O12S2/c1-33(47-49(37,38)22-12-8-7-9-13-22)35-34-32(46-33)48-15-11-10-14-44-31-28(36)27-23(40-3)18-21(39-2)19-24(27)45-29(31)20-16-25(41-4)30(43-6)26(17-20)42-5/h7-9,12-13,16-19,35H,10-11,14-15H2,1-6H3. The van der Waals surface area contributed by atoms with Crippen LogP contribution in [0.5, 0.6) is 34.5 Å². The van der Waals surface area contributed by atoms with E-state index in [4.69, 9.17) is 41.8 Å². The summed E-state index contributed by atoms with van der Waals surface area (Å²) in [6, 6.07) is 14.2. The minimum atomic E-state index is -4.10. The van der Waals surface area contributed by atoms with Crippen LogP contribution in [0.4, 0.5) is 0 Å². The number of nitrogens with one attached hydrogen (secondary N) is 1. The molecule has 1 aliphatic heterocycles. The molecule has 3 aromatic carbocycles. The van der Waals surface area contributed by atoms with Crippen molar-refractivity contribution in [1.82, 2.24) is 5.43 Å². The van der Waals surface area contributed by atoms with Crippen molar-refractivity contribution in [3.63, 3.8) is 0 Å². The molecule has 0 saturated heterocycles. The van der Waals surface area contributed by atoms with Crippen molar-refractivity contribution in [3.8, 4) is 45.8 Å². The van der Waals surface area contributed by atoms with Crippen LogP contribution in [0, 0.1) is 0 Å². The molecule has 0 radical (unpaired) electrons. The molecule has 1 atom stereocenters. The number of thioether (sulfide) groups is 1. The Morgan fingerprint density at radius 3 is 2.18 bits per heavy atom. The van der Waals surface area contributed by atoms with Gasteiger partial charge in [0.2, 0.25) is 16.9 Å². The normalized spacial score (nSPS) is 15.6. The molecule has 14 nitrogen and oxygen atoms in total. The first-order chi connectivity index (χ1) is 23.6. The molecule has 0 fully saturated rings. The number of methoxy groups -OCH3 is 5. The van der Waals surface area contributed by atoms with Crippen molar-refractivity contribution in [3.05, 3.63) is 64.8 Å². The second-order valence-corrected chi connectivity index (χ2v) is 13.1. The van der Waals surface area contributed by atoms with Gasteiger partial charge < -0.3 is 37.6 Å². The average Bonchev–Trinajstić information content (AvgIpc) is 3.48. The van der Waals surface area contributed by atoms with Crippen molar-refractivity contribution >= 4 is 38.1 Å². The second kappa shape index (κ2) is 15.2. The van der Waals surface area contributed by atoms with E-state index in [1.165, 1.54) is 66.4 Å². The Kier molecular flexibility index (Phi) is 11.0. The molecule has 262 valence electrons. The van der Waals surface area contributed by atoms with Crippen LogP contribution in [0.1, 0.15) is 19.8 Å². The van der Waals surface area contributed by atoms with Crippen molar-refractivity contribution in [1.29, 1.82) is 0 Å². The smallest absolute Gasteiger partial charge is 0.321 e. The van der Waals surface area contributed by atoms with Gasteiger partial charge in [0.25, 0.3) is 5.23 Å². The molecule has 2 heterocycles. The Bertz CT molecular complexity index is 1980. The number of hydrogen-bond acceptors (Lipinski definition) is 15. The van der Waals surface area contributed by atoms with Gasteiger partial charge >= 0.3 is 16.0 Å². The maximum absolute atomic E-state index is 14.0. The number of unbranched alkanes of at least 4 members (excludes halogenated alkanes) is 1. The summed E-state index contributed by atoms with van der Waals surface area (Å²) in [5, 5.41) is 4.47. The molecular formula is C33H36N2O12S2. The highest BCUT2D eigenvalue weighted by atomic mass is 32.2. The molecule has 5 rings (SSSR count). The van der Waals surface area contributed by atoms with E-state index >= 15 is 0 Å². The molecule has 0 amide bonds. The van der Waals surface area contributed by atoms with E-state index in [1.54, 1.807) is 42.5 Å². The third-order valence-electron chi connectivity index (χ3n) is 7.22. The molecule has 16 heteroatoms. The van der Waals surface area contributed by atoms with Gasteiger partial charge in [0.1, 0.15) is 22.5 Å². The van der Waals surface area contributed by atoms with E-state index in [1.807, 2.05) is 0 Å². The van der Waals surface area contributed by atoms with Crippen LogP contribution in [0.2, 0.25) is 0 Å². The summed E-state index contributed by atoms with van der Waals surface area (Å²) in [4.78, 5) is 14.0. The zero-order valence-corrected chi connectivity index (χ0v) is 29.3. The topological polar surface area (TPSA) is 163 Å². The third-order valence-corrected chi connectivity index (χ3v) is 9.52. The fourth-order valence-corrected chi connectivity index (χ4v) is 6.82. The Morgan fingerprint density at radius 2 is 1.55 bits per heavy atom. The molecule has 1 aliphatic rings. The SMILES string of the molecule is COc1cc(OC)c2c(=O)c(OCCCCSC3=NNC(C)(OS(=O)(=O)c4ccccc4)O3)c(-c3cc(OC)c(OC)c(OC)c3)oc2c1. The quantitative estimate of drug-likeness (QED) is 0.123. The molecule has 0 spiro atoms. The lowest BCUT2D eigenvalue weighted by atomic mass is 10.1. The number of benzene rings is 3. The van der Waals surface area contributed by atoms with Gasteiger partial charge in [-0.05, 0) is 37.1 Å². The van der Waals surface area contributed by atoms with Crippen LogP contribution >= 0.6 is 11.8 Å². The van der Waals surface area contributed by atoms with Gasteiger partial charge in [-0.25, -0.2) is 5.43 Å². The Morgan fingerprint density at radius 1 is 0.857 bits per heavy atom. The summed E-state index contributed by atoms with van der Waals surface area (Å²) in [7, 11) is 3.32. The lowest BCUT2D eigenvalue weighted by molar-refractivity contribution is -0.109. The molecule has 49 heavy (non-hydrogen) atoms.